The number of halogens is 12. The molecular weight excluding hydrogens is 625 g/mol. The Bertz CT molecular complexity index is 460. The number of rotatable bonds is 0. The zero-order valence-electron chi connectivity index (χ0n) is 15.6. The van der Waals surface area contributed by atoms with Crippen LogP contribution in [-0.4, -0.2) is 35.9 Å². The molecule has 0 fully saturated rings. The van der Waals surface area contributed by atoms with E-state index in [2.05, 4.69) is 46.8 Å². The molecule has 1 rings (SSSR count). The fourth-order valence-electron chi connectivity index (χ4n) is 0.896. The molecule has 0 aromatic rings. The van der Waals surface area contributed by atoms with Gasteiger partial charge < -0.3 is 61.5 Å². The van der Waals surface area contributed by atoms with Crippen LogP contribution < -0.4 is 0 Å². The van der Waals surface area contributed by atoms with E-state index in [1.165, 1.54) is 43.9 Å². The summed E-state index contributed by atoms with van der Waals surface area (Å²) in [6.07, 6.45) is 11.9. The van der Waals surface area contributed by atoms with E-state index in [-0.39, 0.29) is 0 Å². The molecule has 0 spiro atoms. The monoisotopic (exact) mass is 643 g/mol. The zero-order chi connectivity index (χ0) is 25.4. The molecule has 0 bridgehead atoms. The first-order chi connectivity index (χ1) is 13.2. The van der Waals surface area contributed by atoms with Gasteiger partial charge in [-0.3, -0.25) is 0 Å². The second kappa shape index (κ2) is 23.7. The van der Waals surface area contributed by atoms with Gasteiger partial charge in [0.1, 0.15) is 0 Å². The molecule has 0 saturated carbocycles. The van der Waals surface area contributed by atoms with E-state index < -0.39 is 21.8 Å². The first-order valence-corrected chi connectivity index (χ1v) is 8.54. The van der Waals surface area contributed by atoms with Crippen LogP contribution in [0.25, 0.3) is 9.69 Å². The second-order valence-corrected chi connectivity index (χ2v) is 5.73. The molecule has 18 heteroatoms. The Morgan fingerprint density at radius 3 is 1.27 bits per heavy atom. The maximum atomic E-state index is 9.75. The molecule has 30 heavy (non-hydrogen) atoms. The van der Waals surface area contributed by atoms with Crippen LogP contribution in [0.15, 0.2) is 22.3 Å². The Labute approximate surface area is 177 Å². The van der Waals surface area contributed by atoms with Gasteiger partial charge in [0.05, 0.1) is 0 Å². The average Bonchev–Trinajstić information content (AvgIpc) is 2.39. The summed E-state index contributed by atoms with van der Waals surface area (Å²) in [4.78, 5) is 5.50. The van der Waals surface area contributed by atoms with Crippen molar-refractivity contribution in [2.75, 3.05) is 14.1 Å². The molecule has 2 nitrogen and oxygen atoms in total. The van der Waals surface area contributed by atoms with Crippen molar-refractivity contribution in [3.05, 3.63) is 45.1 Å². The summed E-state index contributed by atoms with van der Waals surface area (Å²) >= 11 is 2.20. The molecule has 0 amide bonds. The normalized spacial score (nSPS) is 15.4. The van der Waals surface area contributed by atoms with Gasteiger partial charge in [0.2, 0.25) is 14.1 Å². The van der Waals surface area contributed by atoms with Crippen molar-refractivity contribution >= 4 is 21.8 Å². The first kappa shape index (κ1) is 39.0. The maximum absolute atomic E-state index is 9.75. The topological polar surface area (TPSA) is 8.72 Å². The summed E-state index contributed by atoms with van der Waals surface area (Å²) in [7, 11) is -15.2. The molecule has 1 aliphatic rings. The van der Waals surface area contributed by atoms with Gasteiger partial charge in [0.25, 0.3) is 0 Å². The van der Waals surface area contributed by atoms with Gasteiger partial charge in [-0.15, -0.1) is 0 Å². The van der Waals surface area contributed by atoms with E-state index in [1.54, 1.807) is 0 Å². The molecule has 0 atom stereocenters. The third-order valence-corrected chi connectivity index (χ3v) is 2.43. The Kier molecular flexibility index (Phi) is 30.9. The first-order valence-electron chi connectivity index (χ1n) is 7.34. The zero-order valence-corrected chi connectivity index (χ0v) is 18.0. The minimum absolute atomic E-state index is 1.27. The molecule has 0 aromatic carbocycles. The Balaban J connectivity index is -0.0000000881. The standard InChI is InChI=1S/C8H11.2C2H3N.3BF4.Ir/c1-2-4-6-8-7-5-3-1;2*1-3-2;3*2-1(3,4)5;/h1-3H,4,6-8H2;2*1H3;;;;/q;;;3*-1;+3/b2-1-,5-3?;;;;;;. The fraction of sp³-hybridized carbons (Fsp3) is 0.500. The Morgan fingerprint density at radius 1 is 0.733 bits per heavy atom. The summed E-state index contributed by atoms with van der Waals surface area (Å²) < 4.78 is 119. The van der Waals surface area contributed by atoms with E-state index in [9.17, 15) is 51.8 Å². The van der Waals surface area contributed by atoms with E-state index in [0.29, 0.717) is 0 Å². The predicted octanol–water partition coefficient (Wildman–Crippen LogP) is 7.52. The molecule has 0 aromatic heterocycles. The van der Waals surface area contributed by atoms with E-state index in [1.807, 2.05) is 0 Å². The summed E-state index contributed by atoms with van der Waals surface area (Å²) in [6, 6.07) is 0. The van der Waals surface area contributed by atoms with Gasteiger partial charge in [0.15, 0.2) is 0 Å². The van der Waals surface area contributed by atoms with Crippen LogP contribution in [0.5, 0.6) is 0 Å². The molecule has 0 aliphatic heterocycles. The summed E-state index contributed by atoms with van der Waals surface area (Å²) in [6.45, 7) is 11.7. The van der Waals surface area contributed by atoms with Crippen molar-refractivity contribution in [1.29, 1.82) is 0 Å². The molecule has 0 heterocycles. The molecule has 0 radical (unpaired) electrons. The Morgan fingerprint density at radius 2 is 1.00 bits per heavy atom. The van der Waals surface area contributed by atoms with Gasteiger partial charge in [-0.25, -0.2) is 13.1 Å². The molecule has 0 unspecified atom stereocenters. The third-order valence-electron chi connectivity index (χ3n) is 1.43. The molecular formula is C12H17B3F12IrN2. The quantitative estimate of drug-likeness (QED) is 0.147. The fourth-order valence-corrected chi connectivity index (χ4v) is 1.55. The van der Waals surface area contributed by atoms with Gasteiger partial charge >= 0.3 is 88.7 Å². The molecule has 177 valence electrons. The molecule has 1 aliphatic carbocycles. The van der Waals surface area contributed by atoms with Crippen LogP contribution in [0, 0.1) is 13.1 Å². The number of allylic oxidation sites excluding steroid dienone is 4. The van der Waals surface area contributed by atoms with Crippen molar-refractivity contribution in [1.82, 2.24) is 0 Å². The van der Waals surface area contributed by atoms with Gasteiger partial charge in [-0.2, -0.15) is 0 Å². The third kappa shape index (κ3) is 240. The SMILES string of the molecule is F[B-](F)(F)F.F[B-](F)(F)F.F[B-](F)(F)F.[C-]#[N+]C.[C-]#[N+]C.[Ir+3]/[C]1=C/C=C\CCCC1. The van der Waals surface area contributed by atoms with Crippen molar-refractivity contribution in [2.45, 2.75) is 25.7 Å². The minimum atomic E-state index is -6.00. The van der Waals surface area contributed by atoms with Crippen LogP contribution in [-0.2, 0) is 18.9 Å². The van der Waals surface area contributed by atoms with Crippen molar-refractivity contribution in [3.63, 3.8) is 0 Å². The summed E-state index contributed by atoms with van der Waals surface area (Å²) in [5.41, 5.74) is 0. The van der Waals surface area contributed by atoms with Crippen LogP contribution in [0.4, 0.5) is 51.8 Å². The number of hydrogen-bond acceptors (Lipinski definition) is 0. The summed E-state index contributed by atoms with van der Waals surface area (Å²) in [5, 5.41) is 0. The van der Waals surface area contributed by atoms with Crippen molar-refractivity contribution in [2.24, 2.45) is 0 Å². The van der Waals surface area contributed by atoms with E-state index in [0.717, 1.165) is 0 Å². The predicted molar refractivity (Wildman–Crippen MR) is 91.3 cm³/mol. The Hall–Kier alpha value is -1.54. The van der Waals surface area contributed by atoms with Crippen LogP contribution in [0.3, 0.4) is 0 Å². The van der Waals surface area contributed by atoms with Crippen LogP contribution in [0.2, 0.25) is 0 Å². The van der Waals surface area contributed by atoms with Gasteiger partial charge in [-0.1, -0.05) is 0 Å². The van der Waals surface area contributed by atoms with E-state index in [4.69, 9.17) is 13.1 Å². The van der Waals surface area contributed by atoms with Crippen molar-refractivity contribution < 1.29 is 70.7 Å². The van der Waals surface area contributed by atoms with Crippen LogP contribution in [0.1, 0.15) is 25.7 Å². The number of hydrogen-bond donors (Lipinski definition) is 0. The second-order valence-electron chi connectivity index (χ2n) is 4.19. The molecule has 0 N–H and O–H groups in total. The summed E-state index contributed by atoms with van der Waals surface area (Å²) in [5.74, 6) is 0. The molecule has 0 saturated heterocycles. The van der Waals surface area contributed by atoms with Crippen LogP contribution >= 0.6 is 0 Å². The van der Waals surface area contributed by atoms with E-state index >= 15 is 0 Å². The van der Waals surface area contributed by atoms with Crippen molar-refractivity contribution in [3.8, 4) is 0 Å². The van der Waals surface area contributed by atoms with Gasteiger partial charge in [0, 0.05) is 0 Å². The number of nitrogens with zero attached hydrogens (tertiary/aromatic N) is 2. The van der Waals surface area contributed by atoms with Gasteiger partial charge in [-0.05, 0) is 0 Å². The average molecular weight is 642 g/mol.